The van der Waals surface area contributed by atoms with Crippen molar-refractivity contribution in [2.75, 3.05) is 19.6 Å². The van der Waals surface area contributed by atoms with Gasteiger partial charge in [-0.1, -0.05) is 52.3 Å². The number of carbonyl (C=O) groups is 1. The predicted molar refractivity (Wildman–Crippen MR) is 115 cm³/mol. The Balaban J connectivity index is 1.17. The highest BCUT2D eigenvalue weighted by atomic mass is 79.9. The first-order valence-corrected chi connectivity index (χ1v) is 10.8. The summed E-state index contributed by atoms with van der Waals surface area (Å²) >= 11 is 3.46. The minimum atomic E-state index is -0.185. The summed E-state index contributed by atoms with van der Waals surface area (Å²) in [5, 5.41) is 3.09. The Hall–Kier alpha value is -1.73. The molecule has 0 aromatic heterocycles. The Morgan fingerprint density at radius 3 is 2.71 bits per heavy atom. The lowest BCUT2D eigenvalue weighted by molar-refractivity contribution is -0.122. The van der Waals surface area contributed by atoms with Crippen molar-refractivity contribution in [3.05, 3.63) is 69.7 Å². The van der Waals surface area contributed by atoms with Gasteiger partial charge in [-0.2, -0.15) is 0 Å². The molecule has 1 fully saturated rings. The van der Waals surface area contributed by atoms with Crippen LogP contribution in [0.3, 0.4) is 0 Å². The maximum Gasteiger partial charge on any atom is 0.238 e. The minimum Gasteiger partial charge on any atom is -0.355 e. The highest BCUT2D eigenvalue weighted by Gasteiger charge is 2.29. The number of carbonyl (C=O) groups excluding carboxylic acids is 1. The molecule has 0 spiro atoms. The van der Waals surface area contributed by atoms with Gasteiger partial charge in [-0.15, -0.1) is 0 Å². The van der Waals surface area contributed by atoms with Crippen molar-refractivity contribution < 1.29 is 4.79 Å². The molecule has 0 aliphatic carbocycles. The van der Waals surface area contributed by atoms with Crippen molar-refractivity contribution in [1.82, 2.24) is 21.1 Å². The normalized spacial score (nSPS) is 22.0. The molecule has 28 heavy (non-hydrogen) atoms. The van der Waals surface area contributed by atoms with E-state index < -0.39 is 0 Å². The molecule has 4 rings (SSSR count). The number of halogens is 1. The number of hydrogen-bond acceptors (Lipinski definition) is 4. The summed E-state index contributed by atoms with van der Waals surface area (Å²) in [6.07, 6.45) is 2.86. The smallest absolute Gasteiger partial charge is 0.238 e. The summed E-state index contributed by atoms with van der Waals surface area (Å²) in [6.45, 7) is 3.87. The summed E-state index contributed by atoms with van der Waals surface area (Å²) in [5.41, 5.74) is 10.5. The molecule has 1 saturated heterocycles. The molecule has 148 valence electrons. The van der Waals surface area contributed by atoms with Crippen molar-refractivity contribution >= 4 is 21.8 Å². The Labute approximate surface area is 175 Å². The maximum absolute atomic E-state index is 12.5. The van der Waals surface area contributed by atoms with E-state index in [1.54, 1.807) is 0 Å². The van der Waals surface area contributed by atoms with Crippen LogP contribution in [0.25, 0.3) is 0 Å². The highest BCUT2D eigenvalue weighted by molar-refractivity contribution is 9.10. The van der Waals surface area contributed by atoms with E-state index in [2.05, 4.69) is 73.4 Å². The van der Waals surface area contributed by atoms with Crippen LogP contribution in [-0.4, -0.2) is 36.5 Å². The molecule has 2 unspecified atom stereocenters. The van der Waals surface area contributed by atoms with Gasteiger partial charge in [0.1, 0.15) is 6.04 Å². The van der Waals surface area contributed by atoms with Gasteiger partial charge < -0.3 is 5.32 Å². The Bertz CT molecular complexity index is 810. The van der Waals surface area contributed by atoms with Crippen LogP contribution in [0.2, 0.25) is 0 Å². The van der Waals surface area contributed by atoms with Crippen molar-refractivity contribution in [1.29, 1.82) is 0 Å². The van der Waals surface area contributed by atoms with Crippen LogP contribution in [0, 0.1) is 0 Å². The zero-order chi connectivity index (χ0) is 19.3. The lowest BCUT2D eigenvalue weighted by atomic mass is 10.00. The fraction of sp³-hybridized carbons (Fsp3) is 0.409. The van der Waals surface area contributed by atoms with Gasteiger partial charge in [0.25, 0.3) is 0 Å². The molecule has 2 aliphatic rings. The third-order valence-electron chi connectivity index (χ3n) is 5.65. The number of fused-ring (bicyclic) bond motifs is 1. The molecular weight excluding hydrogens is 416 g/mol. The zero-order valence-corrected chi connectivity index (χ0v) is 17.5. The fourth-order valence-electron chi connectivity index (χ4n) is 4.02. The van der Waals surface area contributed by atoms with E-state index in [9.17, 15) is 4.79 Å². The molecule has 3 N–H and O–H groups in total. The van der Waals surface area contributed by atoms with Crippen molar-refractivity contribution in [3.63, 3.8) is 0 Å². The average molecular weight is 443 g/mol. The number of rotatable bonds is 6. The van der Waals surface area contributed by atoms with Crippen LogP contribution in [0.15, 0.2) is 53.0 Å². The molecule has 6 heteroatoms. The van der Waals surface area contributed by atoms with Crippen LogP contribution in [0.4, 0.5) is 0 Å². The second-order valence-corrected chi connectivity index (χ2v) is 8.54. The molecule has 0 bridgehead atoms. The van der Waals surface area contributed by atoms with Crippen LogP contribution < -0.4 is 16.2 Å². The van der Waals surface area contributed by atoms with Gasteiger partial charge in [0.15, 0.2) is 0 Å². The van der Waals surface area contributed by atoms with Gasteiger partial charge in [-0.25, -0.2) is 10.9 Å². The number of hydrazine groups is 1. The molecule has 2 aliphatic heterocycles. The lowest BCUT2D eigenvalue weighted by Crippen LogP contribution is -2.44. The van der Waals surface area contributed by atoms with Crippen LogP contribution in [-0.2, 0) is 17.8 Å². The topological polar surface area (TPSA) is 56.4 Å². The average Bonchev–Trinajstić information content (AvgIpc) is 3.22. The number of amides is 1. The maximum atomic E-state index is 12.5. The number of hydrogen-bond donors (Lipinski definition) is 3. The second-order valence-electron chi connectivity index (χ2n) is 7.62. The Morgan fingerprint density at radius 2 is 1.89 bits per heavy atom. The molecular formula is C22H27BrN4O. The standard InChI is InChI=1S/C22H27BrN4O/c23-19-8-6-17(7-9-19)20-14-21(26-25-20)22(28)24-11-3-12-27-13-10-16-4-1-2-5-18(16)15-27/h1-2,4-9,20-21,25-26H,3,10-15H2,(H,24,28). The van der Waals surface area contributed by atoms with Gasteiger partial charge >= 0.3 is 0 Å². The third kappa shape index (κ3) is 4.81. The summed E-state index contributed by atoms with van der Waals surface area (Å²) in [4.78, 5) is 14.9. The Kier molecular flexibility index (Phi) is 6.42. The van der Waals surface area contributed by atoms with Crippen molar-refractivity contribution in [2.24, 2.45) is 0 Å². The predicted octanol–water partition coefficient (Wildman–Crippen LogP) is 2.92. The molecule has 2 aromatic rings. The first-order chi connectivity index (χ1) is 13.7. The van der Waals surface area contributed by atoms with Gasteiger partial charge in [0, 0.05) is 36.7 Å². The van der Waals surface area contributed by atoms with Gasteiger partial charge in [0.05, 0.1) is 0 Å². The lowest BCUT2D eigenvalue weighted by Gasteiger charge is -2.28. The Morgan fingerprint density at radius 1 is 1.11 bits per heavy atom. The zero-order valence-electron chi connectivity index (χ0n) is 16.0. The summed E-state index contributed by atoms with van der Waals surface area (Å²) in [5.74, 6) is 0.0797. The van der Waals surface area contributed by atoms with E-state index in [1.165, 1.54) is 16.7 Å². The van der Waals surface area contributed by atoms with Gasteiger partial charge in [-0.05, 0) is 48.1 Å². The first-order valence-electron chi connectivity index (χ1n) is 10.0. The summed E-state index contributed by atoms with van der Waals surface area (Å²) in [7, 11) is 0. The molecule has 2 heterocycles. The van der Waals surface area contributed by atoms with Crippen molar-refractivity contribution in [2.45, 2.75) is 37.9 Å². The fourth-order valence-corrected chi connectivity index (χ4v) is 4.29. The molecule has 0 radical (unpaired) electrons. The quantitative estimate of drug-likeness (QED) is 0.601. The van der Waals surface area contributed by atoms with E-state index in [-0.39, 0.29) is 18.0 Å². The van der Waals surface area contributed by atoms with Gasteiger partial charge in [-0.3, -0.25) is 9.69 Å². The van der Waals surface area contributed by atoms with E-state index in [0.29, 0.717) is 0 Å². The molecule has 2 aromatic carbocycles. The highest BCUT2D eigenvalue weighted by Crippen LogP contribution is 2.24. The number of benzene rings is 2. The molecule has 5 nitrogen and oxygen atoms in total. The van der Waals surface area contributed by atoms with Gasteiger partial charge in [0.2, 0.25) is 5.91 Å². The minimum absolute atomic E-state index is 0.0797. The van der Waals surface area contributed by atoms with Crippen LogP contribution >= 0.6 is 15.9 Å². The third-order valence-corrected chi connectivity index (χ3v) is 6.18. The summed E-state index contributed by atoms with van der Waals surface area (Å²) in [6, 6.07) is 16.9. The first kappa shape index (κ1) is 19.6. The molecule has 0 saturated carbocycles. The van der Waals surface area contributed by atoms with Crippen molar-refractivity contribution in [3.8, 4) is 0 Å². The van der Waals surface area contributed by atoms with Crippen LogP contribution in [0.5, 0.6) is 0 Å². The van der Waals surface area contributed by atoms with Crippen LogP contribution in [0.1, 0.15) is 35.6 Å². The molecule has 1 amide bonds. The number of nitrogens with zero attached hydrogens (tertiary/aromatic N) is 1. The van der Waals surface area contributed by atoms with E-state index in [1.807, 2.05) is 12.1 Å². The second kappa shape index (κ2) is 9.18. The molecule has 2 atom stereocenters. The monoisotopic (exact) mass is 442 g/mol. The number of nitrogens with one attached hydrogen (secondary N) is 3. The van der Waals surface area contributed by atoms with E-state index in [4.69, 9.17) is 0 Å². The van der Waals surface area contributed by atoms with E-state index >= 15 is 0 Å². The largest absolute Gasteiger partial charge is 0.355 e. The SMILES string of the molecule is O=C(NCCCN1CCc2ccccc2C1)C1CC(c2ccc(Br)cc2)NN1. The summed E-state index contributed by atoms with van der Waals surface area (Å²) < 4.78 is 1.06. The van der Waals surface area contributed by atoms with E-state index in [0.717, 1.165) is 49.9 Å².